The highest BCUT2D eigenvalue weighted by Crippen LogP contribution is 2.46. The number of aromatic hydroxyl groups is 1. The summed E-state index contributed by atoms with van der Waals surface area (Å²) in [6.07, 6.45) is 3.73. The molecule has 5 nitrogen and oxygen atoms in total. The molecule has 27 heavy (non-hydrogen) atoms. The van der Waals surface area contributed by atoms with Crippen LogP contribution in [0.5, 0.6) is 5.75 Å². The maximum absolute atomic E-state index is 12.7. The summed E-state index contributed by atoms with van der Waals surface area (Å²) in [7, 11) is 0. The minimum absolute atomic E-state index is 0.0891. The molecule has 1 N–H and O–H groups in total. The van der Waals surface area contributed by atoms with Gasteiger partial charge in [-0.3, -0.25) is 9.79 Å². The SMILES string of the molecule is CC1(C)CC(=O)c2cnn(-c3ccccc3)c2C1N=Cc1ccccc1O. The van der Waals surface area contributed by atoms with Crippen molar-refractivity contribution < 1.29 is 9.90 Å². The number of phenols is 1. The van der Waals surface area contributed by atoms with Crippen LogP contribution >= 0.6 is 0 Å². The molecule has 1 heterocycles. The van der Waals surface area contributed by atoms with E-state index in [1.54, 1.807) is 29.2 Å². The number of nitrogens with zero attached hydrogens (tertiary/aromatic N) is 3. The number of ketones is 1. The molecule has 0 radical (unpaired) electrons. The number of hydrogen-bond acceptors (Lipinski definition) is 4. The predicted octanol–water partition coefficient (Wildman–Crippen LogP) is 4.35. The van der Waals surface area contributed by atoms with Gasteiger partial charge in [0, 0.05) is 23.6 Å². The number of hydrogen-bond donors (Lipinski definition) is 1. The maximum atomic E-state index is 12.7. The molecular weight excluding hydrogens is 338 g/mol. The molecule has 3 aromatic rings. The second-order valence-corrected chi connectivity index (χ2v) is 7.52. The minimum Gasteiger partial charge on any atom is -0.507 e. The van der Waals surface area contributed by atoms with Crippen molar-refractivity contribution in [3.8, 4) is 11.4 Å². The lowest BCUT2D eigenvalue weighted by Crippen LogP contribution is -2.32. The van der Waals surface area contributed by atoms with Crippen LogP contribution in [-0.4, -0.2) is 26.9 Å². The van der Waals surface area contributed by atoms with Gasteiger partial charge < -0.3 is 5.11 Å². The van der Waals surface area contributed by atoms with E-state index in [1.807, 2.05) is 56.3 Å². The summed E-state index contributed by atoms with van der Waals surface area (Å²) in [5.41, 5.74) is 2.61. The minimum atomic E-state index is -0.364. The molecule has 0 fully saturated rings. The van der Waals surface area contributed by atoms with Crippen LogP contribution in [0, 0.1) is 5.41 Å². The highest BCUT2D eigenvalue weighted by atomic mass is 16.3. The molecule has 136 valence electrons. The zero-order valence-corrected chi connectivity index (χ0v) is 15.3. The number of aromatic nitrogens is 2. The van der Waals surface area contributed by atoms with Crippen molar-refractivity contribution in [3.63, 3.8) is 0 Å². The van der Waals surface area contributed by atoms with Crippen LogP contribution in [0.1, 0.15) is 47.9 Å². The van der Waals surface area contributed by atoms with Crippen molar-refractivity contribution in [3.05, 3.63) is 77.6 Å². The van der Waals surface area contributed by atoms with E-state index < -0.39 is 0 Å². The number of aliphatic imine (C=N–C) groups is 1. The van der Waals surface area contributed by atoms with Crippen LogP contribution in [0.15, 0.2) is 65.8 Å². The molecule has 0 amide bonds. The van der Waals surface area contributed by atoms with Gasteiger partial charge in [-0.05, 0) is 24.3 Å². The molecule has 0 saturated carbocycles. The first kappa shape index (κ1) is 17.2. The van der Waals surface area contributed by atoms with Gasteiger partial charge in [-0.2, -0.15) is 5.10 Å². The molecule has 4 rings (SSSR count). The summed E-state index contributed by atoms with van der Waals surface area (Å²) in [6.45, 7) is 4.09. The third-order valence-electron chi connectivity index (χ3n) is 5.02. The third kappa shape index (κ3) is 3.05. The summed E-state index contributed by atoms with van der Waals surface area (Å²) < 4.78 is 1.81. The Bertz CT molecular complexity index is 1020. The molecule has 0 saturated heterocycles. The van der Waals surface area contributed by atoms with Crippen LogP contribution in [0.25, 0.3) is 5.69 Å². The van der Waals surface area contributed by atoms with Crippen LogP contribution in [0.2, 0.25) is 0 Å². The van der Waals surface area contributed by atoms with Gasteiger partial charge in [-0.15, -0.1) is 0 Å². The van der Waals surface area contributed by atoms with Gasteiger partial charge in [0.05, 0.1) is 29.2 Å². The monoisotopic (exact) mass is 359 g/mol. The molecule has 0 bridgehead atoms. The van der Waals surface area contributed by atoms with E-state index in [-0.39, 0.29) is 23.0 Å². The van der Waals surface area contributed by atoms with Crippen LogP contribution in [0.3, 0.4) is 0 Å². The number of phenolic OH excluding ortho intramolecular Hbond substituents is 1. The van der Waals surface area contributed by atoms with E-state index in [2.05, 4.69) is 5.10 Å². The first-order valence-corrected chi connectivity index (χ1v) is 8.95. The van der Waals surface area contributed by atoms with E-state index in [1.165, 1.54) is 0 Å². The summed E-state index contributed by atoms with van der Waals surface area (Å²) in [6, 6.07) is 16.6. The molecule has 0 aliphatic heterocycles. The Morgan fingerprint density at radius 2 is 1.85 bits per heavy atom. The van der Waals surface area contributed by atoms with Gasteiger partial charge >= 0.3 is 0 Å². The molecule has 1 aromatic heterocycles. The predicted molar refractivity (Wildman–Crippen MR) is 105 cm³/mol. The molecule has 0 spiro atoms. The number of rotatable bonds is 3. The number of Topliss-reactive ketones (excluding diaryl/α,β-unsaturated/α-hetero) is 1. The largest absolute Gasteiger partial charge is 0.507 e. The van der Waals surface area contributed by atoms with Gasteiger partial charge in [0.1, 0.15) is 5.75 Å². The second kappa shape index (κ2) is 6.50. The molecule has 1 aliphatic rings. The zero-order chi connectivity index (χ0) is 19.0. The summed E-state index contributed by atoms with van der Waals surface area (Å²) in [5, 5.41) is 14.5. The van der Waals surface area contributed by atoms with Gasteiger partial charge in [0.2, 0.25) is 0 Å². The van der Waals surface area contributed by atoms with Gasteiger partial charge in [-0.1, -0.05) is 44.2 Å². The third-order valence-corrected chi connectivity index (χ3v) is 5.02. The zero-order valence-electron chi connectivity index (χ0n) is 15.3. The van der Waals surface area contributed by atoms with Crippen molar-refractivity contribution in [1.29, 1.82) is 0 Å². The lowest BCUT2D eigenvalue weighted by Gasteiger charge is -2.35. The fourth-order valence-electron chi connectivity index (χ4n) is 3.61. The Hall–Kier alpha value is -3.21. The average Bonchev–Trinajstić information content (AvgIpc) is 3.08. The van der Waals surface area contributed by atoms with Crippen molar-refractivity contribution in [2.45, 2.75) is 26.3 Å². The summed E-state index contributed by atoms with van der Waals surface area (Å²) in [4.78, 5) is 17.5. The molecule has 1 unspecified atom stereocenters. The summed E-state index contributed by atoms with van der Waals surface area (Å²) >= 11 is 0. The number of fused-ring (bicyclic) bond motifs is 1. The number of carbonyl (C=O) groups excluding carboxylic acids is 1. The molecular formula is C22H21N3O2. The first-order chi connectivity index (χ1) is 13.0. The topological polar surface area (TPSA) is 67.5 Å². The van der Waals surface area contributed by atoms with Crippen LogP contribution in [0.4, 0.5) is 0 Å². The number of para-hydroxylation sites is 2. The fraction of sp³-hybridized carbons (Fsp3) is 0.227. The molecule has 5 heteroatoms. The van der Waals surface area contributed by atoms with Crippen molar-refractivity contribution >= 4 is 12.0 Å². The van der Waals surface area contributed by atoms with Gasteiger partial charge in [-0.25, -0.2) is 4.68 Å². The second-order valence-electron chi connectivity index (χ2n) is 7.52. The smallest absolute Gasteiger partial charge is 0.167 e. The Kier molecular flexibility index (Phi) is 4.15. The molecule has 1 aliphatic carbocycles. The van der Waals surface area contributed by atoms with Crippen molar-refractivity contribution in [1.82, 2.24) is 9.78 Å². The van der Waals surface area contributed by atoms with E-state index >= 15 is 0 Å². The Labute approximate surface area is 158 Å². The van der Waals surface area contributed by atoms with Crippen LogP contribution in [-0.2, 0) is 0 Å². The summed E-state index contributed by atoms with van der Waals surface area (Å²) in [5.74, 6) is 0.272. The number of benzene rings is 2. The Morgan fingerprint density at radius 1 is 1.15 bits per heavy atom. The molecule has 2 aromatic carbocycles. The highest BCUT2D eigenvalue weighted by molar-refractivity contribution is 5.99. The van der Waals surface area contributed by atoms with Crippen molar-refractivity contribution in [2.24, 2.45) is 10.4 Å². The highest BCUT2D eigenvalue weighted by Gasteiger charge is 2.42. The first-order valence-electron chi connectivity index (χ1n) is 8.95. The van der Waals surface area contributed by atoms with Gasteiger partial charge in [0.25, 0.3) is 0 Å². The lowest BCUT2D eigenvalue weighted by atomic mass is 9.72. The normalized spacial score (nSPS) is 18.6. The van der Waals surface area contributed by atoms with Gasteiger partial charge in [0.15, 0.2) is 5.78 Å². The quantitative estimate of drug-likeness (QED) is 0.707. The fourth-order valence-corrected chi connectivity index (χ4v) is 3.61. The molecule has 1 atom stereocenters. The Balaban J connectivity index is 1.85. The lowest BCUT2D eigenvalue weighted by molar-refractivity contribution is 0.0884. The number of carbonyl (C=O) groups is 1. The maximum Gasteiger partial charge on any atom is 0.167 e. The van der Waals surface area contributed by atoms with E-state index in [4.69, 9.17) is 4.99 Å². The average molecular weight is 359 g/mol. The van der Waals surface area contributed by atoms with E-state index in [9.17, 15) is 9.90 Å². The van der Waals surface area contributed by atoms with Crippen molar-refractivity contribution in [2.75, 3.05) is 0 Å². The standard InChI is InChI=1S/C22H21N3O2/c1-22(2)12-19(27)17-14-24-25(16-9-4-3-5-10-16)20(17)21(22)23-13-15-8-6-7-11-18(15)26/h3-11,13-14,21,26H,12H2,1-2H3. The van der Waals surface area contributed by atoms with Crippen LogP contribution < -0.4 is 0 Å². The van der Waals surface area contributed by atoms with E-state index in [0.29, 0.717) is 17.5 Å². The Morgan fingerprint density at radius 3 is 2.59 bits per heavy atom. The van der Waals surface area contributed by atoms with E-state index in [0.717, 1.165) is 11.4 Å².